The average Bonchev–Trinajstić information content (AvgIpc) is 2.70. The maximum absolute atomic E-state index is 10.7. The molecular weight excluding hydrogens is 278 g/mol. The predicted molar refractivity (Wildman–Crippen MR) is 78.9 cm³/mol. The number of thiazole rings is 1. The van der Waals surface area contributed by atoms with E-state index in [0.29, 0.717) is 5.25 Å². The van der Waals surface area contributed by atoms with Gasteiger partial charge in [0.15, 0.2) is 4.34 Å². The van der Waals surface area contributed by atoms with Crippen LogP contribution in [0.3, 0.4) is 0 Å². The maximum atomic E-state index is 10.7. The van der Waals surface area contributed by atoms with E-state index >= 15 is 0 Å². The van der Waals surface area contributed by atoms with Crippen molar-refractivity contribution in [3.63, 3.8) is 0 Å². The predicted octanol–water partition coefficient (Wildman–Crippen LogP) is 3.93. The standard InChI is InChI=1S/C14H15NO2S2/c1-9-12(8-13(16)17)19-14(15-9)18-10(2)11-6-4-3-5-7-11/h3-7,10H,8H2,1-2H3,(H,16,17). The highest BCUT2D eigenvalue weighted by atomic mass is 32.2. The van der Waals surface area contributed by atoms with E-state index in [1.807, 2.05) is 25.1 Å². The molecule has 0 fully saturated rings. The van der Waals surface area contributed by atoms with Gasteiger partial charge in [0.05, 0.1) is 12.1 Å². The zero-order chi connectivity index (χ0) is 13.8. The fourth-order valence-electron chi connectivity index (χ4n) is 1.70. The Hall–Kier alpha value is -1.33. The van der Waals surface area contributed by atoms with Crippen LogP contribution in [0, 0.1) is 6.92 Å². The minimum Gasteiger partial charge on any atom is -0.481 e. The molecule has 1 aromatic heterocycles. The average molecular weight is 293 g/mol. The lowest BCUT2D eigenvalue weighted by Gasteiger charge is -2.08. The third-order valence-corrected chi connectivity index (χ3v) is 5.14. The summed E-state index contributed by atoms with van der Waals surface area (Å²) in [4.78, 5) is 16.0. The minimum atomic E-state index is -0.806. The highest BCUT2D eigenvalue weighted by Crippen LogP contribution is 2.37. The number of carboxylic acid groups (broad SMARTS) is 1. The molecule has 100 valence electrons. The third kappa shape index (κ3) is 3.81. The van der Waals surface area contributed by atoms with Crippen LogP contribution in [-0.4, -0.2) is 16.1 Å². The fourth-order valence-corrected chi connectivity index (χ4v) is 4.19. The summed E-state index contributed by atoms with van der Waals surface area (Å²) in [7, 11) is 0. The largest absolute Gasteiger partial charge is 0.481 e. The number of thioether (sulfide) groups is 1. The number of hydrogen-bond donors (Lipinski definition) is 1. The Bertz CT molecular complexity index is 566. The van der Waals surface area contributed by atoms with Gasteiger partial charge in [-0.25, -0.2) is 4.98 Å². The zero-order valence-electron chi connectivity index (χ0n) is 10.8. The Kier molecular flexibility index (Phi) is 4.61. The Labute approximate surface area is 120 Å². The number of aromatic nitrogens is 1. The summed E-state index contributed by atoms with van der Waals surface area (Å²) in [5, 5.41) is 9.14. The van der Waals surface area contributed by atoms with Crippen LogP contribution in [0.15, 0.2) is 34.7 Å². The minimum absolute atomic E-state index is 0.0593. The van der Waals surface area contributed by atoms with E-state index in [1.54, 1.807) is 11.8 Å². The molecule has 0 aliphatic carbocycles. The lowest BCUT2D eigenvalue weighted by molar-refractivity contribution is -0.136. The number of carboxylic acids is 1. The lowest BCUT2D eigenvalue weighted by Crippen LogP contribution is -1.99. The van der Waals surface area contributed by atoms with Crippen LogP contribution in [0.2, 0.25) is 0 Å². The van der Waals surface area contributed by atoms with Gasteiger partial charge in [0, 0.05) is 10.1 Å². The Morgan fingerprint density at radius 1 is 1.42 bits per heavy atom. The van der Waals surface area contributed by atoms with E-state index < -0.39 is 5.97 Å². The SMILES string of the molecule is Cc1nc(SC(C)c2ccccc2)sc1CC(=O)O. The zero-order valence-corrected chi connectivity index (χ0v) is 12.4. The number of carbonyl (C=O) groups is 1. The van der Waals surface area contributed by atoms with Crippen LogP contribution in [-0.2, 0) is 11.2 Å². The molecule has 1 atom stereocenters. The van der Waals surface area contributed by atoms with Gasteiger partial charge >= 0.3 is 5.97 Å². The van der Waals surface area contributed by atoms with Gasteiger partial charge in [-0.3, -0.25) is 4.79 Å². The van der Waals surface area contributed by atoms with Crippen molar-refractivity contribution < 1.29 is 9.90 Å². The molecule has 1 unspecified atom stereocenters. The first-order valence-corrected chi connectivity index (χ1v) is 7.65. The van der Waals surface area contributed by atoms with Crippen molar-refractivity contribution in [2.45, 2.75) is 29.9 Å². The molecule has 2 rings (SSSR count). The summed E-state index contributed by atoms with van der Waals surface area (Å²) in [5.74, 6) is -0.806. The Balaban J connectivity index is 2.09. The van der Waals surface area contributed by atoms with Gasteiger partial charge in [-0.2, -0.15) is 0 Å². The number of hydrogen-bond acceptors (Lipinski definition) is 4. The van der Waals surface area contributed by atoms with Gasteiger partial charge in [0.1, 0.15) is 0 Å². The highest BCUT2D eigenvalue weighted by molar-refractivity contribution is 8.01. The van der Waals surface area contributed by atoms with Crippen molar-refractivity contribution in [2.75, 3.05) is 0 Å². The van der Waals surface area contributed by atoms with Gasteiger partial charge in [0.2, 0.25) is 0 Å². The number of rotatable bonds is 5. The summed E-state index contributed by atoms with van der Waals surface area (Å²) >= 11 is 3.16. The van der Waals surface area contributed by atoms with Crippen LogP contribution in [0.25, 0.3) is 0 Å². The monoisotopic (exact) mass is 293 g/mol. The third-order valence-electron chi connectivity index (χ3n) is 2.73. The molecule has 0 bridgehead atoms. The van der Waals surface area contributed by atoms with Crippen molar-refractivity contribution in [3.05, 3.63) is 46.5 Å². The van der Waals surface area contributed by atoms with Crippen molar-refractivity contribution in [1.82, 2.24) is 4.98 Å². The quantitative estimate of drug-likeness (QED) is 0.849. The molecule has 0 amide bonds. The van der Waals surface area contributed by atoms with E-state index in [-0.39, 0.29) is 6.42 Å². The molecule has 5 heteroatoms. The van der Waals surface area contributed by atoms with Gasteiger partial charge in [0.25, 0.3) is 0 Å². The van der Waals surface area contributed by atoms with Crippen LogP contribution in [0.4, 0.5) is 0 Å². The Morgan fingerprint density at radius 3 is 2.74 bits per heavy atom. The second-order valence-electron chi connectivity index (χ2n) is 4.23. The normalized spacial score (nSPS) is 12.3. The van der Waals surface area contributed by atoms with Gasteiger partial charge < -0.3 is 5.11 Å². The highest BCUT2D eigenvalue weighted by Gasteiger charge is 2.14. The van der Waals surface area contributed by atoms with Crippen molar-refractivity contribution in [3.8, 4) is 0 Å². The van der Waals surface area contributed by atoms with Crippen LogP contribution in [0.1, 0.15) is 28.3 Å². The second kappa shape index (κ2) is 6.21. The smallest absolute Gasteiger partial charge is 0.308 e. The molecule has 0 aliphatic rings. The summed E-state index contributed by atoms with van der Waals surface area (Å²) < 4.78 is 0.935. The summed E-state index contributed by atoms with van der Waals surface area (Å²) in [5.41, 5.74) is 2.08. The first kappa shape index (κ1) is 14.1. The first-order valence-electron chi connectivity index (χ1n) is 5.96. The molecule has 0 spiro atoms. The molecule has 1 heterocycles. The molecule has 0 saturated carbocycles. The van der Waals surface area contributed by atoms with Crippen LogP contribution < -0.4 is 0 Å². The molecule has 0 aliphatic heterocycles. The summed E-state index contributed by atoms with van der Waals surface area (Å²) in [6.45, 7) is 4.00. The maximum Gasteiger partial charge on any atom is 0.308 e. The van der Waals surface area contributed by atoms with E-state index in [1.165, 1.54) is 16.9 Å². The van der Waals surface area contributed by atoms with Crippen LogP contribution >= 0.6 is 23.1 Å². The van der Waals surface area contributed by atoms with Crippen molar-refractivity contribution in [1.29, 1.82) is 0 Å². The molecular formula is C14H15NO2S2. The molecule has 2 aromatic rings. The van der Waals surface area contributed by atoms with Crippen LogP contribution in [0.5, 0.6) is 0 Å². The van der Waals surface area contributed by atoms with E-state index in [9.17, 15) is 4.79 Å². The first-order chi connectivity index (χ1) is 9.06. The van der Waals surface area contributed by atoms with E-state index in [4.69, 9.17) is 5.11 Å². The molecule has 0 saturated heterocycles. The number of nitrogens with zero attached hydrogens (tertiary/aromatic N) is 1. The topological polar surface area (TPSA) is 50.2 Å². The fraction of sp³-hybridized carbons (Fsp3) is 0.286. The van der Waals surface area contributed by atoms with E-state index in [2.05, 4.69) is 24.0 Å². The second-order valence-corrected chi connectivity index (χ2v) is 6.90. The number of benzene rings is 1. The number of aryl methyl sites for hydroxylation is 1. The van der Waals surface area contributed by atoms with Crippen molar-refractivity contribution in [2.24, 2.45) is 0 Å². The lowest BCUT2D eigenvalue weighted by atomic mass is 10.2. The molecule has 3 nitrogen and oxygen atoms in total. The molecule has 1 aromatic carbocycles. The Morgan fingerprint density at radius 2 is 2.11 bits per heavy atom. The number of aliphatic carboxylic acids is 1. The van der Waals surface area contributed by atoms with Gasteiger partial charge in [-0.15, -0.1) is 11.3 Å². The molecule has 0 radical (unpaired) electrons. The van der Waals surface area contributed by atoms with Crippen molar-refractivity contribution >= 4 is 29.1 Å². The van der Waals surface area contributed by atoms with E-state index in [0.717, 1.165) is 14.9 Å². The van der Waals surface area contributed by atoms with Gasteiger partial charge in [-0.05, 0) is 19.4 Å². The van der Waals surface area contributed by atoms with Gasteiger partial charge in [-0.1, -0.05) is 42.1 Å². The molecule has 19 heavy (non-hydrogen) atoms. The summed E-state index contributed by atoms with van der Waals surface area (Å²) in [6.07, 6.45) is 0.0593. The summed E-state index contributed by atoms with van der Waals surface area (Å²) in [6, 6.07) is 10.2. The molecule has 1 N–H and O–H groups in total.